The summed E-state index contributed by atoms with van der Waals surface area (Å²) in [7, 11) is 0. The molecule has 0 saturated carbocycles. The SMILES string of the molecule is CC(C)n1cc(C(=O)NC2COC2)c2cnc(Nc3ccnc(-c4cn[nH]c4)n3)cc21. The van der Waals surface area contributed by atoms with E-state index >= 15 is 0 Å². The first-order chi connectivity index (χ1) is 15.1. The number of carbonyl (C=O) groups is 1. The van der Waals surface area contributed by atoms with Crippen LogP contribution < -0.4 is 10.6 Å². The highest BCUT2D eigenvalue weighted by molar-refractivity contribution is 6.07. The Morgan fingerprint density at radius 3 is 2.84 bits per heavy atom. The zero-order valence-corrected chi connectivity index (χ0v) is 17.2. The maximum Gasteiger partial charge on any atom is 0.253 e. The number of aromatic nitrogens is 6. The number of pyridine rings is 1. The number of hydrogen-bond donors (Lipinski definition) is 3. The molecule has 0 bridgehead atoms. The van der Waals surface area contributed by atoms with E-state index in [-0.39, 0.29) is 18.0 Å². The lowest BCUT2D eigenvalue weighted by atomic mass is 10.2. The van der Waals surface area contributed by atoms with E-state index in [0.29, 0.717) is 36.2 Å². The van der Waals surface area contributed by atoms with Gasteiger partial charge in [-0.1, -0.05) is 0 Å². The first-order valence-corrected chi connectivity index (χ1v) is 10.1. The van der Waals surface area contributed by atoms with Crippen molar-refractivity contribution in [3.8, 4) is 11.4 Å². The normalized spacial score (nSPS) is 14.0. The summed E-state index contributed by atoms with van der Waals surface area (Å²) >= 11 is 0. The number of hydrogen-bond acceptors (Lipinski definition) is 7. The number of nitrogens with zero attached hydrogens (tertiary/aromatic N) is 5. The number of carbonyl (C=O) groups excluding carboxylic acids is 1. The van der Waals surface area contributed by atoms with Gasteiger partial charge in [0.05, 0.1) is 42.1 Å². The minimum atomic E-state index is -0.110. The van der Waals surface area contributed by atoms with Gasteiger partial charge < -0.3 is 19.9 Å². The van der Waals surface area contributed by atoms with Gasteiger partial charge in [0, 0.05) is 42.3 Å². The number of nitrogens with one attached hydrogen (secondary N) is 3. The molecule has 1 aliphatic heterocycles. The Labute approximate surface area is 178 Å². The lowest BCUT2D eigenvalue weighted by molar-refractivity contribution is -0.00343. The lowest BCUT2D eigenvalue weighted by Crippen LogP contribution is -2.48. The number of fused-ring (bicyclic) bond motifs is 1. The lowest BCUT2D eigenvalue weighted by Gasteiger charge is -2.26. The predicted molar refractivity (Wildman–Crippen MR) is 115 cm³/mol. The predicted octanol–water partition coefficient (Wildman–Crippen LogP) is 2.67. The van der Waals surface area contributed by atoms with E-state index in [9.17, 15) is 4.79 Å². The Bertz CT molecular complexity index is 1230. The van der Waals surface area contributed by atoms with Crippen molar-refractivity contribution in [3.63, 3.8) is 0 Å². The largest absolute Gasteiger partial charge is 0.377 e. The first kappa shape index (κ1) is 19.2. The number of aromatic amines is 1. The van der Waals surface area contributed by atoms with E-state index in [1.165, 1.54) is 0 Å². The van der Waals surface area contributed by atoms with Crippen molar-refractivity contribution >= 4 is 28.4 Å². The maximum absolute atomic E-state index is 12.8. The Morgan fingerprint density at radius 1 is 1.26 bits per heavy atom. The molecule has 1 aliphatic rings. The number of anilines is 2. The Kier molecular flexibility index (Phi) is 4.83. The van der Waals surface area contributed by atoms with E-state index in [1.54, 1.807) is 30.9 Å². The fourth-order valence-corrected chi connectivity index (χ4v) is 3.47. The fourth-order valence-electron chi connectivity index (χ4n) is 3.47. The molecule has 10 nitrogen and oxygen atoms in total. The Balaban J connectivity index is 1.46. The quantitative estimate of drug-likeness (QED) is 0.440. The topological polar surface area (TPSA) is 123 Å². The zero-order chi connectivity index (χ0) is 21.4. The molecule has 1 saturated heterocycles. The highest BCUT2D eigenvalue weighted by atomic mass is 16.5. The molecule has 5 heterocycles. The van der Waals surface area contributed by atoms with Gasteiger partial charge in [0.1, 0.15) is 11.6 Å². The van der Waals surface area contributed by atoms with Crippen LogP contribution in [0.3, 0.4) is 0 Å². The third kappa shape index (κ3) is 3.73. The molecule has 158 valence electrons. The molecule has 0 spiro atoms. The van der Waals surface area contributed by atoms with Gasteiger partial charge in [0.25, 0.3) is 5.91 Å². The average Bonchev–Trinajstić information content (AvgIpc) is 3.39. The van der Waals surface area contributed by atoms with Crippen molar-refractivity contribution in [3.05, 3.63) is 48.7 Å². The Morgan fingerprint density at radius 2 is 2.13 bits per heavy atom. The van der Waals surface area contributed by atoms with Crippen molar-refractivity contribution in [2.75, 3.05) is 18.5 Å². The molecule has 3 N–H and O–H groups in total. The molecule has 1 amide bonds. The van der Waals surface area contributed by atoms with Gasteiger partial charge in [-0.05, 0) is 19.9 Å². The number of rotatable bonds is 6. The summed E-state index contributed by atoms with van der Waals surface area (Å²) in [4.78, 5) is 26.1. The van der Waals surface area contributed by atoms with Gasteiger partial charge in [-0.25, -0.2) is 15.0 Å². The second-order valence-electron chi connectivity index (χ2n) is 7.72. The van der Waals surface area contributed by atoms with Crippen LogP contribution >= 0.6 is 0 Å². The van der Waals surface area contributed by atoms with Crippen LogP contribution in [0.4, 0.5) is 11.6 Å². The summed E-state index contributed by atoms with van der Waals surface area (Å²) in [5, 5.41) is 13.7. The maximum atomic E-state index is 12.8. The van der Waals surface area contributed by atoms with Crippen molar-refractivity contribution in [1.82, 2.24) is 35.0 Å². The van der Waals surface area contributed by atoms with Crippen LogP contribution in [-0.4, -0.2) is 54.9 Å². The summed E-state index contributed by atoms with van der Waals surface area (Å²) in [5.74, 6) is 1.69. The van der Waals surface area contributed by atoms with E-state index in [2.05, 4.69) is 54.2 Å². The molecule has 0 aliphatic carbocycles. The van der Waals surface area contributed by atoms with Gasteiger partial charge in [-0.15, -0.1) is 0 Å². The molecule has 0 radical (unpaired) electrons. The monoisotopic (exact) mass is 418 g/mol. The third-order valence-corrected chi connectivity index (χ3v) is 5.16. The highest BCUT2D eigenvalue weighted by Crippen LogP contribution is 2.27. The molecular formula is C21H22N8O2. The van der Waals surface area contributed by atoms with Crippen LogP contribution in [0.5, 0.6) is 0 Å². The molecule has 5 rings (SSSR count). The van der Waals surface area contributed by atoms with Gasteiger partial charge in [0.15, 0.2) is 5.82 Å². The minimum Gasteiger partial charge on any atom is -0.377 e. The first-order valence-electron chi connectivity index (χ1n) is 10.1. The van der Waals surface area contributed by atoms with Crippen LogP contribution in [0.2, 0.25) is 0 Å². The van der Waals surface area contributed by atoms with Gasteiger partial charge in [-0.3, -0.25) is 9.89 Å². The molecule has 1 fully saturated rings. The molecule has 4 aromatic rings. The molecule has 0 unspecified atom stereocenters. The average molecular weight is 418 g/mol. The van der Waals surface area contributed by atoms with Crippen molar-refractivity contribution < 1.29 is 9.53 Å². The standard InChI is InChI=1S/C21H22N8O2/c1-12(2)29-9-16(21(30)26-14-10-31-11-14)15-8-23-19(5-17(15)29)27-18-3-4-22-20(28-18)13-6-24-25-7-13/h3-9,12,14H,10-11H2,1-2H3,(H,24,25)(H,26,30)(H,22,23,27,28). The molecule has 4 aromatic heterocycles. The zero-order valence-electron chi connectivity index (χ0n) is 17.2. The van der Waals surface area contributed by atoms with Crippen LogP contribution in [0.15, 0.2) is 43.1 Å². The number of H-pyrrole nitrogens is 1. The minimum absolute atomic E-state index is 0.0704. The number of ether oxygens (including phenoxy) is 1. The summed E-state index contributed by atoms with van der Waals surface area (Å²) < 4.78 is 7.23. The van der Waals surface area contributed by atoms with Crippen LogP contribution in [0.25, 0.3) is 22.3 Å². The van der Waals surface area contributed by atoms with Crippen LogP contribution in [-0.2, 0) is 4.74 Å². The third-order valence-electron chi connectivity index (χ3n) is 5.16. The van der Waals surface area contributed by atoms with Crippen molar-refractivity contribution in [1.29, 1.82) is 0 Å². The molecular weight excluding hydrogens is 396 g/mol. The van der Waals surface area contributed by atoms with Gasteiger partial charge >= 0.3 is 0 Å². The number of amides is 1. The fraction of sp³-hybridized carbons (Fsp3) is 0.286. The summed E-state index contributed by atoms with van der Waals surface area (Å²) in [5.41, 5.74) is 2.33. The molecule has 0 aromatic carbocycles. The van der Waals surface area contributed by atoms with Gasteiger partial charge in [0.2, 0.25) is 0 Å². The molecule has 0 atom stereocenters. The van der Waals surface area contributed by atoms with Crippen LogP contribution in [0.1, 0.15) is 30.2 Å². The summed E-state index contributed by atoms with van der Waals surface area (Å²) in [6.07, 6.45) is 8.69. The van der Waals surface area contributed by atoms with E-state index in [0.717, 1.165) is 16.5 Å². The summed E-state index contributed by atoms with van der Waals surface area (Å²) in [6, 6.07) is 3.95. The molecule has 31 heavy (non-hydrogen) atoms. The molecule has 10 heteroatoms. The van der Waals surface area contributed by atoms with E-state index < -0.39 is 0 Å². The van der Waals surface area contributed by atoms with Crippen molar-refractivity contribution in [2.45, 2.75) is 25.9 Å². The van der Waals surface area contributed by atoms with Gasteiger partial charge in [-0.2, -0.15) is 5.10 Å². The smallest absolute Gasteiger partial charge is 0.253 e. The van der Waals surface area contributed by atoms with E-state index in [4.69, 9.17) is 4.74 Å². The van der Waals surface area contributed by atoms with Crippen molar-refractivity contribution in [2.24, 2.45) is 0 Å². The highest BCUT2D eigenvalue weighted by Gasteiger charge is 2.24. The van der Waals surface area contributed by atoms with E-state index in [1.807, 2.05) is 12.3 Å². The Hall–Kier alpha value is -3.79. The summed E-state index contributed by atoms with van der Waals surface area (Å²) in [6.45, 7) is 5.27. The second kappa shape index (κ2) is 7.80. The second-order valence-corrected chi connectivity index (χ2v) is 7.72. The van der Waals surface area contributed by atoms with Crippen LogP contribution in [0, 0.1) is 0 Å².